The van der Waals surface area contributed by atoms with Crippen LogP contribution < -0.4 is 4.90 Å². The molecular weight excluding hydrogens is 256 g/mol. The number of nitro groups is 1. The summed E-state index contributed by atoms with van der Waals surface area (Å²) in [5, 5.41) is 30.2. The van der Waals surface area contributed by atoms with Crippen LogP contribution in [0, 0.1) is 10.1 Å². The minimum atomic E-state index is -0.711. The van der Waals surface area contributed by atoms with Crippen LogP contribution in [0.5, 0.6) is 0 Å². The average Bonchev–Trinajstić information content (AvgIpc) is 3.03. The molecule has 2 N–H and O–H groups in total. The zero-order chi connectivity index (χ0) is 13.3. The van der Waals surface area contributed by atoms with Gasteiger partial charge in [0, 0.05) is 23.5 Å². The van der Waals surface area contributed by atoms with E-state index < -0.39 is 11.0 Å². The highest BCUT2D eigenvalue weighted by Gasteiger charge is 2.34. The maximum Gasteiger partial charge on any atom is 0.304 e. The number of aliphatic hydroxyl groups excluding tert-OH is 2. The molecule has 0 amide bonds. The van der Waals surface area contributed by atoms with Gasteiger partial charge in [-0.15, -0.1) is 11.3 Å². The summed E-state index contributed by atoms with van der Waals surface area (Å²) in [7, 11) is 0. The van der Waals surface area contributed by atoms with E-state index in [4.69, 9.17) is 5.11 Å². The maximum atomic E-state index is 11.1. The third-order valence-corrected chi connectivity index (χ3v) is 4.24. The van der Waals surface area contributed by atoms with Crippen molar-refractivity contribution in [3.05, 3.63) is 21.1 Å². The quantitative estimate of drug-likeness (QED) is 0.607. The SMILES string of the molecule is C[C@H](O)c1cc([N+](=O)[O-])c(N(CCO)C2CC2)s1. The van der Waals surface area contributed by atoms with E-state index >= 15 is 0 Å². The highest BCUT2D eigenvalue weighted by Crippen LogP contribution is 2.44. The molecule has 18 heavy (non-hydrogen) atoms. The summed E-state index contributed by atoms with van der Waals surface area (Å²) < 4.78 is 0. The van der Waals surface area contributed by atoms with Crippen LogP contribution in [0.15, 0.2) is 6.07 Å². The van der Waals surface area contributed by atoms with Gasteiger partial charge in [-0.25, -0.2) is 0 Å². The van der Waals surface area contributed by atoms with E-state index in [0.717, 1.165) is 12.8 Å². The van der Waals surface area contributed by atoms with Crippen LogP contribution in [0.2, 0.25) is 0 Å². The van der Waals surface area contributed by atoms with Gasteiger partial charge in [0.15, 0.2) is 5.00 Å². The second-order valence-electron chi connectivity index (χ2n) is 4.42. The molecule has 0 aliphatic heterocycles. The molecule has 1 aromatic heterocycles. The van der Waals surface area contributed by atoms with Gasteiger partial charge in [0.1, 0.15) is 0 Å². The van der Waals surface area contributed by atoms with Crippen molar-refractivity contribution >= 4 is 22.0 Å². The zero-order valence-corrected chi connectivity index (χ0v) is 10.9. The topological polar surface area (TPSA) is 86.8 Å². The first kappa shape index (κ1) is 13.3. The van der Waals surface area contributed by atoms with Crippen molar-refractivity contribution in [2.75, 3.05) is 18.1 Å². The van der Waals surface area contributed by atoms with E-state index in [-0.39, 0.29) is 18.3 Å². The summed E-state index contributed by atoms with van der Waals surface area (Å²) in [6.07, 6.45) is 1.29. The molecule has 0 aromatic carbocycles. The summed E-state index contributed by atoms with van der Waals surface area (Å²) in [6, 6.07) is 1.72. The monoisotopic (exact) mass is 272 g/mol. The van der Waals surface area contributed by atoms with Gasteiger partial charge < -0.3 is 15.1 Å². The molecule has 1 saturated carbocycles. The van der Waals surface area contributed by atoms with Gasteiger partial charge in [-0.3, -0.25) is 10.1 Å². The molecule has 1 aromatic rings. The number of thiophene rings is 1. The standard InChI is InChI=1S/C11H16N2O4S/c1-7(15)10-6-9(13(16)17)11(18-10)12(4-5-14)8-2-3-8/h6-8,14-15H,2-5H2,1H3/t7-/m0/s1. The Hall–Kier alpha value is -1.18. The molecule has 1 aliphatic carbocycles. The van der Waals surface area contributed by atoms with Crippen molar-refractivity contribution in [3.8, 4) is 0 Å². The maximum absolute atomic E-state index is 11.1. The van der Waals surface area contributed by atoms with Crippen LogP contribution >= 0.6 is 11.3 Å². The Balaban J connectivity index is 2.36. The third-order valence-electron chi connectivity index (χ3n) is 2.91. The Kier molecular flexibility index (Phi) is 3.84. The number of hydrogen-bond acceptors (Lipinski definition) is 6. The summed E-state index contributed by atoms with van der Waals surface area (Å²) >= 11 is 1.24. The predicted octanol–water partition coefficient (Wildman–Crippen LogP) is 1.67. The van der Waals surface area contributed by atoms with Crippen LogP contribution in [-0.4, -0.2) is 34.3 Å². The molecule has 6 nitrogen and oxygen atoms in total. The second kappa shape index (κ2) is 5.21. The van der Waals surface area contributed by atoms with Crippen molar-refractivity contribution in [3.63, 3.8) is 0 Å². The van der Waals surface area contributed by atoms with Crippen LogP contribution in [-0.2, 0) is 0 Å². The number of nitrogens with zero attached hydrogens (tertiary/aromatic N) is 2. The third kappa shape index (κ3) is 2.63. The fraction of sp³-hybridized carbons (Fsp3) is 0.636. The first-order valence-corrected chi connectivity index (χ1v) is 6.70. The molecule has 0 unspecified atom stereocenters. The minimum absolute atomic E-state index is 0.0243. The Labute approximate surface area is 109 Å². The van der Waals surface area contributed by atoms with Crippen molar-refractivity contribution in [2.45, 2.75) is 31.9 Å². The molecule has 1 fully saturated rings. The average molecular weight is 272 g/mol. The molecule has 0 radical (unpaired) electrons. The number of aliphatic hydroxyl groups is 2. The van der Waals surface area contributed by atoms with Gasteiger partial charge in [-0.05, 0) is 19.8 Å². The molecule has 1 aliphatic rings. The number of hydrogen-bond donors (Lipinski definition) is 2. The molecule has 0 bridgehead atoms. The van der Waals surface area contributed by atoms with E-state index in [2.05, 4.69) is 0 Å². The lowest BCUT2D eigenvalue weighted by Gasteiger charge is -2.20. The fourth-order valence-corrected chi connectivity index (χ4v) is 3.04. The Morgan fingerprint density at radius 2 is 2.33 bits per heavy atom. The predicted molar refractivity (Wildman–Crippen MR) is 69.1 cm³/mol. The van der Waals surface area contributed by atoms with E-state index in [0.29, 0.717) is 16.4 Å². The lowest BCUT2D eigenvalue weighted by molar-refractivity contribution is -0.383. The summed E-state index contributed by atoms with van der Waals surface area (Å²) in [4.78, 5) is 13.1. The number of anilines is 1. The molecular formula is C11H16N2O4S. The van der Waals surface area contributed by atoms with E-state index in [1.165, 1.54) is 17.4 Å². The van der Waals surface area contributed by atoms with Crippen molar-refractivity contribution in [1.82, 2.24) is 0 Å². The van der Waals surface area contributed by atoms with Crippen molar-refractivity contribution in [2.24, 2.45) is 0 Å². The highest BCUT2D eigenvalue weighted by molar-refractivity contribution is 7.16. The fourth-order valence-electron chi connectivity index (χ4n) is 1.88. The van der Waals surface area contributed by atoms with Gasteiger partial charge in [-0.1, -0.05) is 0 Å². The van der Waals surface area contributed by atoms with Gasteiger partial charge in [0.2, 0.25) is 0 Å². The normalized spacial score (nSPS) is 16.6. The Morgan fingerprint density at radius 1 is 1.67 bits per heavy atom. The summed E-state index contributed by atoms with van der Waals surface area (Å²) in [5.74, 6) is 0. The number of rotatable bonds is 6. The van der Waals surface area contributed by atoms with Crippen LogP contribution in [0.4, 0.5) is 10.7 Å². The first-order chi connectivity index (χ1) is 8.54. The van der Waals surface area contributed by atoms with Gasteiger partial charge in [-0.2, -0.15) is 0 Å². The van der Waals surface area contributed by atoms with E-state index in [1.54, 1.807) is 6.92 Å². The molecule has 1 atom stereocenters. The summed E-state index contributed by atoms with van der Waals surface area (Å²) in [5.41, 5.74) is 0.0243. The lowest BCUT2D eigenvalue weighted by atomic mass is 10.3. The second-order valence-corrected chi connectivity index (χ2v) is 5.48. The van der Waals surface area contributed by atoms with E-state index in [1.807, 2.05) is 4.90 Å². The van der Waals surface area contributed by atoms with Crippen molar-refractivity contribution in [1.29, 1.82) is 0 Å². The molecule has 0 spiro atoms. The Morgan fingerprint density at radius 3 is 2.78 bits per heavy atom. The molecule has 7 heteroatoms. The van der Waals surface area contributed by atoms with Gasteiger partial charge in [0.05, 0.1) is 17.6 Å². The van der Waals surface area contributed by atoms with Crippen LogP contribution in [0.25, 0.3) is 0 Å². The van der Waals surface area contributed by atoms with Gasteiger partial charge in [0.25, 0.3) is 0 Å². The van der Waals surface area contributed by atoms with Gasteiger partial charge >= 0.3 is 5.69 Å². The molecule has 0 saturated heterocycles. The zero-order valence-electron chi connectivity index (χ0n) is 10.1. The smallest absolute Gasteiger partial charge is 0.304 e. The van der Waals surface area contributed by atoms with Crippen LogP contribution in [0.3, 0.4) is 0 Å². The molecule has 1 heterocycles. The first-order valence-electron chi connectivity index (χ1n) is 5.88. The van der Waals surface area contributed by atoms with E-state index in [9.17, 15) is 15.2 Å². The minimum Gasteiger partial charge on any atom is -0.395 e. The highest BCUT2D eigenvalue weighted by atomic mass is 32.1. The Bertz CT molecular complexity index is 442. The van der Waals surface area contributed by atoms with Crippen LogP contribution in [0.1, 0.15) is 30.7 Å². The summed E-state index contributed by atoms with van der Waals surface area (Å²) in [6.45, 7) is 1.95. The largest absolute Gasteiger partial charge is 0.395 e. The molecule has 2 rings (SSSR count). The van der Waals surface area contributed by atoms with Crippen molar-refractivity contribution < 1.29 is 15.1 Å². The lowest BCUT2D eigenvalue weighted by Crippen LogP contribution is -2.28. The molecule has 100 valence electrons.